The lowest BCUT2D eigenvalue weighted by Crippen LogP contribution is -2.37. The molecule has 11 heteroatoms. The first-order chi connectivity index (χ1) is 23.5. The highest BCUT2D eigenvalue weighted by Crippen LogP contribution is 2.40. The summed E-state index contributed by atoms with van der Waals surface area (Å²) in [6.45, 7) is 3.31. The third-order valence-corrected chi connectivity index (χ3v) is 9.49. The van der Waals surface area contributed by atoms with Gasteiger partial charge in [-0.2, -0.15) is 0 Å². The van der Waals surface area contributed by atoms with Crippen LogP contribution in [0.5, 0.6) is 17.2 Å². The minimum atomic E-state index is 0.254. The van der Waals surface area contributed by atoms with E-state index in [4.69, 9.17) is 29.9 Å². The predicted octanol–water partition coefficient (Wildman–Crippen LogP) is 6.24. The van der Waals surface area contributed by atoms with E-state index in [1.807, 2.05) is 30.3 Å². The molecular weight excluding hydrogens is 604 g/mol. The van der Waals surface area contributed by atoms with Gasteiger partial charge in [-0.1, -0.05) is 0 Å². The van der Waals surface area contributed by atoms with Crippen molar-refractivity contribution in [3.63, 3.8) is 0 Å². The van der Waals surface area contributed by atoms with Gasteiger partial charge in [0, 0.05) is 79.5 Å². The van der Waals surface area contributed by atoms with Crippen molar-refractivity contribution in [3.05, 3.63) is 78.3 Å². The van der Waals surface area contributed by atoms with E-state index in [9.17, 15) is 0 Å². The Morgan fingerprint density at radius 2 is 1.90 bits per heavy atom. The van der Waals surface area contributed by atoms with Crippen LogP contribution >= 0.6 is 0 Å². The Bertz CT molecular complexity index is 1980. The average molecular weight is 647 g/mol. The Balaban J connectivity index is 1.10. The summed E-state index contributed by atoms with van der Waals surface area (Å²) >= 11 is 0. The quantitative estimate of drug-likeness (QED) is 0.152. The number of anilines is 2. The lowest BCUT2D eigenvalue weighted by atomic mass is 10.1. The van der Waals surface area contributed by atoms with Gasteiger partial charge < -0.3 is 34.7 Å². The molecule has 1 saturated carbocycles. The Morgan fingerprint density at radius 1 is 1.04 bits per heavy atom. The van der Waals surface area contributed by atoms with Crippen molar-refractivity contribution < 1.29 is 14.2 Å². The molecule has 4 heterocycles. The van der Waals surface area contributed by atoms with Crippen molar-refractivity contribution in [2.45, 2.75) is 38.3 Å². The maximum atomic E-state index is 6.64. The summed E-state index contributed by atoms with van der Waals surface area (Å²) in [6.07, 6.45) is 11.5. The van der Waals surface area contributed by atoms with Crippen LogP contribution in [0, 0.1) is 5.92 Å². The van der Waals surface area contributed by atoms with Gasteiger partial charge in [-0.05, 0) is 74.1 Å². The number of hydrogen-bond acceptors (Lipinski definition) is 10. The van der Waals surface area contributed by atoms with Crippen molar-refractivity contribution in [2.75, 3.05) is 51.2 Å². The summed E-state index contributed by atoms with van der Waals surface area (Å²) in [5, 5.41) is 5.52. The molecular formula is C37H42N8O3. The zero-order chi connectivity index (χ0) is 33.0. The largest absolute Gasteiger partial charge is 0.497 e. The Hall–Kier alpha value is -5.32. The molecule has 2 fully saturated rings. The van der Waals surface area contributed by atoms with E-state index in [0.29, 0.717) is 30.6 Å². The van der Waals surface area contributed by atoms with Gasteiger partial charge in [0.05, 0.1) is 31.7 Å². The number of hydrogen-bond donors (Lipinski definition) is 2. The summed E-state index contributed by atoms with van der Waals surface area (Å²) in [6, 6.07) is 16.5. The molecule has 7 rings (SSSR count). The number of nitrogens with one attached hydrogen (secondary N) is 1. The molecule has 2 atom stereocenters. The number of allylic oxidation sites excluding steroid dienone is 1. The van der Waals surface area contributed by atoms with Gasteiger partial charge in [-0.3, -0.25) is 4.99 Å². The molecule has 1 aliphatic carbocycles. The van der Waals surface area contributed by atoms with Gasteiger partial charge in [-0.25, -0.2) is 15.0 Å². The number of nitrogens with zero attached hydrogens (tertiary/aromatic N) is 6. The van der Waals surface area contributed by atoms with E-state index in [1.165, 1.54) is 6.42 Å². The molecule has 48 heavy (non-hydrogen) atoms. The van der Waals surface area contributed by atoms with E-state index in [1.54, 1.807) is 33.8 Å². The highest BCUT2D eigenvalue weighted by molar-refractivity contribution is 6.00. The molecule has 248 valence electrons. The zero-order valence-electron chi connectivity index (χ0n) is 27.7. The third kappa shape index (κ3) is 6.32. The van der Waals surface area contributed by atoms with Crippen LogP contribution < -0.4 is 30.2 Å². The van der Waals surface area contributed by atoms with E-state index in [-0.39, 0.29) is 6.04 Å². The van der Waals surface area contributed by atoms with Gasteiger partial charge in [0.2, 0.25) is 0 Å². The minimum Gasteiger partial charge on any atom is -0.497 e. The fraction of sp³-hybridized carbons (Fsp3) is 0.351. The van der Waals surface area contributed by atoms with Gasteiger partial charge in [0.25, 0.3) is 0 Å². The molecule has 3 N–H and O–H groups in total. The van der Waals surface area contributed by atoms with Gasteiger partial charge in [-0.15, -0.1) is 0 Å². The number of ether oxygens (including phenoxy) is 3. The molecule has 0 spiro atoms. The highest BCUT2D eigenvalue weighted by atomic mass is 16.5. The lowest BCUT2D eigenvalue weighted by molar-refractivity contribution is 0.248. The molecule has 0 bridgehead atoms. The summed E-state index contributed by atoms with van der Waals surface area (Å²) < 4.78 is 19.6. The van der Waals surface area contributed by atoms with Crippen molar-refractivity contribution in [1.82, 2.24) is 19.5 Å². The smallest absolute Gasteiger partial charge is 0.146 e. The molecule has 2 unspecified atom stereocenters. The van der Waals surface area contributed by atoms with Crippen LogP contribution in [0.4, 0.5) is 11.6 Å². The van der Waals surface area contributed by atoms with Crippen LogP contribution in [0.15, 0.2) is 72.1 Å². The first-order valence-corrected chi connectivity index (χ1v) is 16.5. The Labute approximate surface area is 280 Å². The fourth-order valence-electron chi connectivity index (χ4n) is 6.70. The molecule has 1 saturated heterocycles. The van der Waals surface area contributed by atoms with Crippen LogP contribution in [-0.2, 0) is 6.54 Å². The van der Waals surface area contributed by atoms with E-state index >= 15 is 0 Å². The number of benzene rings is 2. The first-order valence-electron chi connectivity index (χ1n) is 16.5. The highest BCUT2D eigenvalue weighted by Gasteiger charge is 2.29. The van der Waals surface area contributed by atoms with E-state index in [0.717, 1.165) is 88.5 Å². The fourth-order valence-corrected chi connectivity index (χ4v) is 6.70. The number of fused-ring (bicyclic) bond motifs is 2. The number of rotatable bonds is 12. The second-order valence-corrected chi connectivity index (χ2v) is 12.4. The molecule has 2 aromatic carbocycles. The SMILES string of the molecule is CN=C/C=C(\N)c1cn(C2CCC(COc3ccc4ccc(N5CCC5)nc4c3)C2)c2ncnc(NCc3ccc(OC)cc3OC)c12. The maximum absolute atomic E-state index is 6.64. The van der Waals surface area contributed by atoms with Crippen molar-refractivity contribution in [2.24, 2.45) is 16.6 Å². The van der Waals surface area contributed by atoms with Crippen molar-refractivity contribution in [3.8, 4) is 17.2 Å². The summed E-state index contributed by atoms with van der Waals surface area (Å²) in [4.78, 5) is 20.7. The summed E-state index contributed by atoms with van der Waals surface area (Å²) in [5.74, 6) is 4.49. The second-order valence-electron chi connectivity index (χ2n) is 12.4. The maximum Gasteiger partial charge on any atom is 0.146 e. The van der Waals surface area contributed by atoms with Gasteiger partial charge >= 0.3 is 0 Å². The van der Waals surface area contributed by atoms with E-state index < -0.39 is 0 Å². The zero-order valence-corrected chi connectivity index (χ0v) is 27.7. The Kier molecular flexibility index (Phi) is 9.00. The monoisotopic (exact) mass is 646 g/mol. The third-order valence-electron chi connectivity index (χ3n) is 9.49. The topological polar surface area (TPSA) is 125 Å². The molecule has 0 amide bonds. The van der Waals surface area contributed by atoms with Crippen molar-refractivity contribution >= 4 is 45.5 Å². The molecule has 1 aliphatic heterocycles. The standard InChI is InChI=1S/C37H42N8O3/c1-39-14-13-31(38)30-21-45(37-35(30)36(41-23-42-37)40-20-26-7-10-28(46-2)19-33(26)47-3)27-9-5-24(17-27)22-48-29-11-6-25-8-12-34(43-32(25)18-29)44-15-4-16-44/h6-8,10-14,18-19,21,23-24,27H,4-5,9,15-17,20,22,38H2,1-3H3,(H,40,41,42)/b31-13-,39-14?. The Morgan fingerprint density at radius 3 is 2.69 bits per heavy atom. The average Bonchev–Trinajstić information content (AvgIpc) is 3.73. The normalized spacial score (nSPS) is 18.1. The molecule has 11 nitrogen and oxygen atoms in total. The van der Waals surface area contributed by atoms with Crippen LogP contribution in [-0.4, -0.2) is 66.7 Å². The van der Waals surface area contributed by atoms with Crippen LogP contribution in [0.1, 0.15) is 42.9 Å². The number of nitrogens with two attached hydrogens (primary N) is 1. The molecule has 5 aromatic rings. The summed E-state index contributed by atoms with van der Waals surface area (Å²) in [7, 11) is 5.03. The minimum absolute atomic E-state index is 0.254. The predicted molar refractivity (Wildman–Crippen MR) is 191 cm³/mol. The second kappa shape index (κ2) is 13.8. The number of aromatic nitrogens is 4. The van der Waals surface area contributed by atoms with Crippen molar-refractivity contribution in [1.29, 1.82) is 0 Å². The number of pyridine rings is 1. The molecule has 0 radical (unpaired) electrons. The lowest BCUT2D eigenvalue weighted by Gasteiger charge is -2.32. The summed E-state index contributed by atoms with van der Waals surface area (Å²) in [5.41, 5.74) is 10.9. The van der Waals surface area contributed by atoms with E-state index in [2.05, 4.69) is 55.2 Å². The number of methoxy groups -OCH3 is 2. The van der Waals surface area contributed by atoms with Gasteiger partial charge in [0.1, 0.15) is 40.9 Å². The van der Waals surface area contributed by atoms with Gasteiger partial charge in [0.15, 0.2) is 0 Å². The molecule has 3 aromatic heterocycles. The first kappa shape index (κ1) is 31.3. The van der Waals surface area contributed by atoms with Crippen LogP contribution in [0.25, 0.3) is 27.6 Å². The van der Waals surface area contributed by atoms with Crippen LogP contribution in [0.2, 0.25) is 0 Å². The number of aliphatic imine (C=N–C) groups is 1. The molecule has 2 aliphatic rings. The van der Waals surface area contributed by atoms with Crippen LogP contribution in [0.3, 0.4) is 0 Å².